The summed E-state index contributed by atoms with van der Waals surface area (Å²) in [6.07, 6.45) is 0. The highest BCUT2D eigenvalue weighted by Gasteiger charge is 2.16. The van der Waals surface area contributed by atoms with Gasteiger partial charge in [0.1, 0.15) is 4.90 Å². The molecule has 1 aromatic carbocycles. The minimum atomic E-state index is -3.75. The summed E-state index contributed by atoms with van der Waals surface area (Å²) in [7, 11) is -3.75. The highest BCUT2D eigenvalue weighted by molar-refractivity contribution is 7.89. The molecule has 17 heavy (non-hydrogen) atoms. The molecule has 94 valence electrons. The largest absolute Gasteiger partial charge is 0.398 e. The number of benzene rings is 1. The lowest BCUT2D eigenvalue weighted by Crippen LogP contribution is -2.36. The third-order valence-corrected chi connectivity index (χ3v) is 3.66. The summed E-state index contributed by atoms with van der Waals surface area (Å²) >= 11 is 0. The van der Waals surface area contributed by atoms with Gasteiger partial charge >= 0.3 is 0 Å². The van der Waals surface area contributed by atoms with Crippen molar-refractivity contribution in [3.8, 4) is 0 Å². The Balaban J connectivity index is 2.30. The zero-order valence-electron chi connectivity index (χ0n) is 9.30. The molecule has 1 aliphatic rings. The van der Waals surface area contributed by atoms with E-state index in [0.29, 0.717) is 13.2 Å². The van der Waals surface area contributed by atoms with Gasteiger partial charge in [-0.1, -0.05) is 0 Å². The number of hydrogen-bond acceptors (Lipinski definition) is 5. The van der Waals surface area contributed by atoms with Crippen LogP contribution in [0.4, 0.5) is 11.4 Å². The number of morpholine rings is 1. The van der Waals surface area contributed by atoms with Crippen LogP contribution in [0.3, 0.4) is 0 Å². The van der Waals surface area contributed by atoms with E-state index in [-0.39, 0.29) is 10.6 Å². The summed E-state index contributed by atoms with van der Waals surface area (Å²) in [4.78, 5) is 2.06. The second-order valence-corrected chi connectivity index (χ2v) is 5.40. The van der Waals surface area contributed by atoms with Crippen LogP contribution in [0.25, 0.3) is 0 Å². The maximum absolute atomic E-state index is 11.2. The van der Waals surface area contributed by atoms with Crippen molar-refractivity contribution in [3.63, 3.8) is 0 Å². The normalized spacial score (nSPS) is 17.1. The van der Waals surface area contributed by atoms with Crippen LogP contribution in [0.15, 0.2) is 23.1 Å². The highest BCUT2D eigenvalue weighted by atomic mass is 32.2. The van der Waals surface area contributed by atoms with Crippen molar-refractivity contribution in [1.82, 2.24) is 0 Å². The minimum Gasteiger partial charge on any atom is -0.398 e. The second kappa shape index (κ2) is 4.52. The molecule has 0 bridgehead atoms. The van der Waals surface area contributed by atoms with Crippen molar-refractivity contribution in [2.75, 3.05) is 36.9 Å². The van der Waals surface area contributed by atoms with Crippen LogP contribution in [0.1, 0.15) is 0 Å². The van der Waals surface area contributed by atoms with Crippen LogP contribution in [0, 0.1) is 0 Å². The van der Waals surface area contributed by atoms with Crippen LogP contribution in [0.2, 0.25) is 0 Å². The molecule has 0 atom stereocenters. The van der Waals surface area contributed by atoms with Crippen molar-refractivity contribution in [2.24, 2.45) is 5.14 Å². The minimum absolute atomic E-state index is 0.0329. The van der Waals surface area contributed by atoms with E-state index in [9.17, 15) is 8.42 Å². The van der Waals surface area contributed by atoms with Gasteiger partial charge < -0.3 is 15.4 Å². The lowest BCUT2D eigenvalue weighted by molar-refractivity contribution is 0.122. The van der Waals surface area contributed by atoms with Gasteiger partial charge in [-0.3, -0.25) is 0 Å². The molecule has 7 heteroatoms. The monoisotopic (exact) mass is 257 g/mol. The fraction of sp³-hybridized carbons (Fsp3) is 0.400. The Morgan fingerprint density at radius 2 is 1.88 bits per heavy atom. The number of ether oxygens (including phenoxy) is 1. The Morgan fingerprint density at radius 1 is 1.24 bits per heavy atom. The van der Waals surface area contributed by atoms with E-state index in [2.05, 4.69) is 4.90 Å². The smallest absolute Gasteiger partial charge is 0.240 e. The van der Waals surface area contributed by atoms with E-state index in [0.717, 1.165) is 18.8 Å². The number of hydrogen-bond donors (Lipinski definition) is 2. The fourth-order valence-corrected chi connectivity index (χ4v) is 2.46. The van der Waals surface area contributed by atoms with Gasteiger partial charge in [0.05, 0.1) is 18.9 Å². The fourth-order valence-electron chi connectivity index (χ4n) is 1.81. The van der Waals surface area contributed by atoms with Crippen LogP contribution >= 0.6 is 0 Å². The molecule has 0 saturated carbocycles. The second-order valence-electron chi connectivity index (χ2n) is 3.87. The van der Waals surface area contributed by atoms with Crippen LogP contribution in [-0.4, -0.2) is 34.7 Å². The van der Waals surface area contributed by atoms with Gasteiger partial charge in [-0.2, -0.15) is 0 Å². The van der Waals surface area contributed by atoms with Gasteiger partial charge in [0, 0.05) is 18.8 Å². The quantitative estimate of drug-likeness (QED) is 0.712. The molecule has 4 N–H and O–H groups in total. The average molecular weight is 257 g/mol. The Morgan fingerprint density at radius 3 is 2.41 bits per heavy atom. The van der Waals surface area contributed by atoms with Crippen molar-refractivity contribution in [2.45, 2.75) is 4.90 Å². The Kier molecular flexibility index (Phi) is 3.23. The predicted octanol–water partition coefficient (Wildman–Crippen LogP) is -0.247. The lowest BCUT2D eigenvalue weighted by Gasteiger charge is -2.29. The maximum atomic E-state index is 11.2. The molecule has 1 aliphatic heterocycles. The number of anilines is 2. The van der Waals surface area contributed by atoms with Crippen molar-refractivity contribution in [3.05, 3.63) is 18.2 Å². The summed E-state index contributed by atoms with van der Waals surface area (Å²) in [5, 5.41) is 5.04. The molecule has 6 nitrogen and oxygen atoms in total. The van der Waals surface area contributed by atoms with Gasteiger partial charge in [0.25, 0.3) is 0 Å². The Bertz CT molecular complexity index is 510. The molecule has 0 radical (unpaired) electrons. The van der Waals surface area contributed by atoms with Gasteiger partial charge in [-0.15, -0.1) is 0 Å². The zero-order chi connectivity index (χ0) is 12.5. The third kappa shape index (κ3) is 2.68. The summed E-state index contributed by atoms with van der Waals surface area (Å²) in [6.45, 7) is 2.87. The van der Waals surface area contributed by atoms with E-state index < -0.39 is 10.0 Å². The number of nitrogen functional groups attached to an aromatic ring is 1. The molecule has 2 rings (SSSR count). The standard InChI is InChI=1S/C10H15N3O3S/c11-9-7-8(13-3-5-16-6-4-13)1-2-10(9)17(12,14)15/h1-2,7H,3-6,11H2,(H2,12,14,15). The summed E-state index contributed by atoms with van der Waals surface area (Å²) in [5.74, 6) is 0. The van der Waals surface area contributed by atoms with Crippen LogP contribution in [-0.2, 0) is 14.8 Å². The third-order valence-electron chi connectivity index (χ3n) is 2.68. The molecule has 0 spiro atoms. The Labute approximate surface area is 100 Å². The number of primary sulfonamides is 1. The number of sulfonamides is 1. The number of nitrogens with two attached hydrogens (primary N) is 2. The van der Waals surface area contributed by atoms with Crippen molar-refractivity contribution < 1.29 is 13.2 Å². The topological polar surface area (TPSA) is 98.6 Å². The van der Waals surface area contributed by atoms with E-state index in [1.807, 2.05) is 0 Å². The predicted molar refractivity (Wildman–Crippen MR) is 65.3 cm³/mol. The van der Waals surface area contributed by atoms with Crippen LogP contribution < -0.4 is 15.8 Å². The van der Waals surface area contributed by atoms with Gasteiger partial charge in [-0.05, 0) is 18.2 Å². The van der Waals surface area contributed by atoms with Gasteiger partial charge in [0.15, 0.2) is 0 Å². The molecule has 1 fully saturated rings. The number of rotatable bonds is 2. The highest BCUT2D eigenvalue weighted by Crippen LogP contribution is 2.24. The van der Waals surface area contributed by atoms with E-state index in [1.54, 1.807) is 12.1 Å². The summed E-state index contributed by atoms with van der Waals surface area (Å²) in [5.41, 5.74) is 6.76. The van der Waals surface area contributed by atoms with Crippen molar-refractivity contribution in [1.29, 1.82) is 0 Å². The maximum Gasteiger partial charge on any atom is 0.240 e. The van der Waals surface area contributed by atoms with Gasteiger partial charge in [0.2, 0.25) is 10.0 Å². The Hall–Kier alpha value is -1.31. The molecule has 1 saturated heterocycles. The first-order valence-corrected chi connectivity index (χ1v) is 6.78. The van der Waals surface area contributed by atoms with E-state index in [4.69, 9.17) is 15.6 Å². The SMILES string of the molecule is Nc1cc(N2CCOCC2)ccc1S(N)(=O)=O. The first-order chi connectivity index (χ1) is 7.98. The van der Waals surface area contributed by atoms with E-state index in [1.165, 1.54) is 6.07 Å². The molecule has 0 amide bonds. The van der Waals surface area contributed by atoms with E-state index >= 15 is 0 Å². The first-order valence-electron chi connectivity index (χ1n) is 5.23. The van der Waals surface area contributed by atoms with Crippen LogP contribution in [0.5, 0.6) is 0 Å². The molecule has 0 aromatic heterocycles. The molecule has 0 aliphatic carbocycles. The molecular weight excluding hydrogens is 242 g/mol. The molecule has 1 heterocycles. The van der Waals surface area contributed by atoms with Crippen molar-refractivity contribution >= 4 is 21.4 Å². The summed E-state index contributed by atoms with van der Waals surface area (Å²) in [6, 6.07) is 4.78. The first kappa shape index (κ1) is 12.2. The molecular formula is C10H15N3O3S. The average Bonchev–Trinajstić information content (AvgIpc) is 2.28. The zero-order valence-corrected chi connectivity index (χ0v) is 10.1. The lowest BCUT2D eigenvalue weighted by atomic mass is 10.2. The van der Waals surface area contributed by atoms with Gasteiger partial charge in [-0.25, -0.2) is 13.6 Å². The number of nitrogens with zero attached hydrogens (tertiary/aromatic N) is 1. The molecule has 0 unspecified atom stereocenters. The summed E-state index contributed by atoms with van der Waals surface area (Å²) < 4.78 is 27.7. The molecule has 1 aromatic rings.